The second-order valence-corrected chi connectivity index (χ2v) is 23.8. The highest BCUT2D eigenvalue weighted by Gasteiger charge is 2.52. The standard InChI is InChI=1S/C13H26O8.C10H18O7.C9H20O6.C8H14O6.2C8H16O5/c1-7(2)5-20-8(3)21-6-10(16)12(18)13(19)11(17)9(15)4-14;1-10(2)16-4-6(17-10)8(14)9(15)7(13)5(12)3-11;1-3-14-6(2)15-5-8(12)9(13)7(11)4-10;1-7(2)13-4-8(12,14-7)6(11)5(10)3-9;1-8(2)12-4-6(13-8)7(11)5(10)3-9;1-8(2)12-6(4-10)7(13-8)5(11)3-9/h4,7-13,15-19H,5-6H2,1-3H3;3,5-9,12-15H,4H2,1-2H3;6-13H,3-5H2,1-2H3;6,9,11-12H,3-4H2,1-2H3;2*5-7,9-11H,3-4H2,1-2H3. The maximum Gasteiger partial charge on any atom is 0.226 e. The predicted molar refractivity (Wildman–Crippen MR) is 312 cm³/mol. The van der Waals surface area contributed by atoms with E-state index in [0.29, 0.717) is 19.1 Å². The molecule has 4 saturated heterocycles. The van der Waals surface area contributed by atoms with Crippen molar-refractivity contribution in [3.63, 3.8) is 0 Å². The Bertz CT molecular complexity index is 1970. The van der Waals surface area contributed by atoms with Gasteiger partial charge in [-0.2, -0.15) is 0 Å². The van der Waals surface area contributed by atoms with Crippen LogP contribution in [0.4, 0.5) is 0 Å². The van der Waals surface area contributed by atoms with Gasteiger partial charge in [-0.25, -0.2) is 0 Å². The van der Waals surface area contributed by atoms with E-state index in [2.05, 4.69) is 0 Å². The summed E-state index contributed by atoms with van der Waals surface area (Å²) in [6.07, 6.45) is -28.4. The molecule has 37 nitrogen and oxygen atoms in total. The van der Waals surface area contributed by atoms with E-state index in [4.69, 9.17) is 103 Å². The molecule has 556 valence electrons. The van der Waals surface area contributed by atoms with E-state index in [0.717, 1.165) is 0 Å². The van der Waals surface area contributed by atoms with Crippen molar-refractivity contribution in [1.29, 1.82) is 0 Å². The smallest absolute Gasteiger partial charge is 0.226 e. The zero-order valence-corrected chi connectivity index (χ0v) is 54.9. The van der Waals surface area contributed by atoms with Gasteiger partial charge in [0, 0.05) is 6.61 Å². The molecule has 4 aliphatic heterocycles. The van der Waals surface area contributed by atoms with Crippen molar-refractivity contribution in [3.8, 4) is 0 Å². The Balaban J connectivity index is 0. The summed E-state index contributed by atoms with van der Waals surface area (Å²) in [5.41, 5.74) is 0. The first-order valence-electron chi connectivity index (χ1n) is 29.7. The molecule has 0 spiro atoms. The molecule has 4 aliphatic rings. The summed E-state index contributed by atoms with van der Waals surface area (Å²) in [7, 11) is 0. The number of aldehydes is 2. The molecule has 22 N–H and O–H groups in total. The maximum absolute atomic E-state index is 10.9. The molecule has 0 aliphatic carbocycles. The van der Waals surface area contributed by atoms with E-state index in [-0.39, 0.29) is 52.2 Å². The third-order valence-corrected chi connectivity index (χ3v) is 13.1. The van der Waals surface area contributed by atoms with Gasteiger partial charge in [-0.05, 0) is 82.1 Å². The summed E-state index contributed by atoms with van der Waals surface area (Å²) in [6, 6.07) is 0. The second kappa shape index (κ2) is 44.6. The van der Waals surface area contributed by atoms with Crippen molar-refractivity contribution >= 4 is 18.4 Å². The molecule has 0 aromatic carbocycles. The van der Waals surface area contributed by atoms with Crippen LogP contribution in [0, 0.1) is 5.92 Å². The Morgan fingerprint density at radius 1 is 0.495 bits per heavy atom. The van der Waals surface area contributed by atoms with Crippen molar-refractivity contribution in [2.24, 2.45) is 5.92 Å². The van der Waals surface area contributed by atoms with Gasteiger partial charge in [0.15, 0.2) is 60.2 Å². The molecule has 0 radical (unpaired) electrons. The fourth-order valence-corrected chi connectivity index (χ4v) is 7.90. The van der Waals surface area contributed by atoms with Crippen LogP contribution < -0.4 is 0 Å². The van der Waals surface area contributed by atoms with Crippen LogP contribution in [0.1, 0.15) is 90.0 Å². The lowest BCUT2D eigenvalue weighted by molar-refractivity contribution is -0.262. The van der Waals surface area contributed by atoms with Crippen LogP contribution in [0.3, 0.4) is 0 Å². The summed E-state index contributed by atoms with van der Waals surface area (Å²) >= 11 is 0. The van der Waals surface area contributed by atoms with Crippen molar-refractivity contribution in [2.45, 2.75) is 254 Å². The van der Waals surface area contributed by atoms with Crippen LogP contribution in [-0.4, -0.2) is 374 Å². The van der Waals surface area contributed by atoms with Crippen LogP contribution in [-0.2, 0) is 71.2 Å². The summed E-state index contributed by atoms with van der Waals surface area (Å²) in [4.78, 5) is 31.4. The lowest BCUT2D eigenvalue weighted by Crippen LogP contribution is -2.50. The van der Waals surface area contributed by atoms with Gasteiger partial charge in [-0.15, -0.1) is 0 Å². The van der Waals surface area contributed by atoms with Gasteiger partial charge in [0.05, 0.1) is 59.5 Å². The van der Waals surface area contributed by atoms with Gasteiger partial charge in [-0.3, -0.25) is 4.79 Å². The quantitative estimate of drug-likeness (QED) is 0.0214. The highest BCUT2D eigenvalue weighted by atomic mass is 16.8. The summed E-state index contributed by atoms with van der Waals surface area (Å²) in [6.45, 7) is 20.0. The third kappa shape index (κ3) is 34.8. The molecular formula is C56H110O37. The number of ether oxygens (including phenoxy) is 12. The summed E-state index contributed by atoms with van der Waals surface area (Å²) < 4.78 is 62.0. The van der Waals surface area contributed by atoms with Gasteiger partial charge in [0.1, 0.15) is 129 Å². The van der Waals surface area contributed by atoms with E-state index in [9.17, 15) is 80.8 Å². The molecule has 4 fully saturated rings. The minimum absolute atomic E-state index is 0.0192. The number of rotatable bonds is 33. The number of Topliss-reactive ketones (excluding diaryl/α,β-unsaturated/α-hetero) is 1. The Hall–Kier alpha value is -2.35. The molecule has 23 unspecified atom stereocenters. The normalized spacial score (nSPS) is 27.7. The lowest BCUT2D eigenvalue weighted by atomic mass is 10.00. The highest BCUT2D eigenvalue weighted by molar-refractivity contribution is 5.84. The molecular weight excluding hydrogens is 1260 g/mol. The molecule has 23 atom stereocenters. The van der Waals surface area contributed by atoms with Gasteiger partial charge >= 0.3 is 0 Å². The number of carbonyl (C=O) groups is 3. The average Bonchev–Trinajstić information content (AvgIpc) is 1.68. The first-order chi connectivity index (χ1) is 42.8. The minimum atomic E-state index is -2.07. The number of carbonyl (C=O) groups excluding carboxylic acids is 3. The van der Waals surface area contributed by atoms with Gasteiger partial charge in [0.2, 0.25) is 5.79 Å². The van der Waals surface area contributed by atoms with E-state index in [1.807, 2.05) is 13.8 Å². The van der Waals surface area contributed by atoms with Crippen molar-refractivity contribution in [1.82, 2.24) is 0 Å². The zero-order chi connectivity index (χ0) is 72.7. The SMILES string of the molecule is CC(C)COC(C)OCC(O)C(O)C(O)C(O)C(O)C=O.CC1(C)OC(CO)C(C(O)CO)O1.CC1(C)OCC(C(O)C(O)C(O)C(O)C=O)O1.CC1(C)OCC(C(O)C(O)CO)O1.CC1(C)OCC(O)(C(O)C(=O)CO)O1.CCOC(C)OCC(O)C(O)C(O)CO. The molecule has 0 aromatic rings. The topological polar surface area (TPSA) is 607 Å². The Labute approximate surface area is 539 Å². The van der Waals surface area contributed by atoms with Crippen molar-refractivity contribution < 1.29 is 184 Å². The predicted octanol–water partition coefficient (Wildman–Crippen LogP) is -9.65. The average molecular weight is 1380 g/mol. The monoisotopic (exact) mass is 1370 g/mol. The summed E-state index contributed by atoms with van der Waals surface area (Å²) in [5.74, 6) is -6.12. The van der Waals surface area contributed by atoms with Crippen LogP contribution in [0.25, 0.3) is 0 Å². The zero-order valence-electron chi connectivity index (χ0n) is 54.9. The van der Waals surface area contributed by atoms with Crippen LogP contribution in [0.15, 0.2) is 0 Å². The van der Waals surface area contributed by atoms with Crippen LogP contribution in [0.2, 0.25) is 0 Å². The third-order valence-electron chi connectivity index (χ3n) is 13.1. The van der Waals surface area contributed by atoms with Crippen molar-refractivity contribution in [2.75, 3.05) is 79.3 Å². The fraction of sp³-hybridized carbons (Fsp3) is 0.946. The van der Waals surface area contributed by atoms with E-state index in [1.54, 1.807) is 76.2 Å². The molecule has 4 rings (SSSR count). The molecule has 0 bridgehead atoms. The number of ketones is 1. The Kier molecular flexibility index (Phi) is 44.5. The highest BCUT2D eigenvalue weighted by Crippen LogP contribution is 2.33. The lowest BCUT2D eigenvalue weighted by Gasteiger charge is -2.28. The number of hydrogen-bond donors (Lipinski definition) is 22. The largest absolute Gasteiger partial charge is 0.394 e. The Morgan fingerprint density at radius 2 is 0.935 bits per heavy atom. The molecule has 0 aromatic heterocycles. The second-order valence-electron chi connectivity index (χ2n) is 23.8. The van der Waals surface area contributed by atoms with Crippen LogP contribution in [0.5, 0.6) is 0 Å². The minimum Gasteiger partial charge on any atom is -0.394 e. The molecule has 37 heteroatoms. The molecule has 93 heavy (non-hydrogen) atoms. The molecule has 0 amide bonds. The molecule has 0 saturated carbocycles. The summed E-state index contributed by atoms with van der Waals surface area (Å²) in [5, 5.41) is 203. The first-order valence-corrected chi connectivity index (χ1v) is 29.7. The maximum atomic E-state index is 10.9. The Morgan fingerprint density at radius 3 is 1.31 bits per heavy atom. The fourth-order valence-electron chi connectivity index (χ4n) is 7.90. The number of aliphatic hydroxyl groups is 22. The van der Waals surface area contributed by atoms with Crippen molar-refractivity contribution in [3.05, 3.63) is 0 Å². The van der Waals surface area contributed by atoms with Crippen LogP contribution >= 0.6 is 0 Å². The number of aliphatic hydroxyl groups excluding tert-OH is 21. The first kappa shape index (κ1) is 92.7. The molecule has 4 heterocycles. The van der Waals surface area contributed by atoms with Gasteiger partial charge in [0.25, 0.3) is 0 Å². The number of hydrogen-bond acceptors (Lipinski definition) is 37. The van der Waals surface area contributed by atoms with E-state index < -0.39 is 196 Å². The van der Waals surface area contributed by atoms with E-state index >= 15 is 0 Å². The van der Waals surface area contributed by atoms with Gasteiger partial charge < -0.3 is 179 Å². The van der Waals surface area contributed by atoms with Gasteiger partial charge in [-0.1, -0.05) is 13.8 Å². The van der Waals surface area contributed by atoms with E-state index in [1.165, 1.54) is 0 Å².